The molecule has 1 unspecified atom stereocenters. The van der Waals surface area contributed by atoms with Gasteiger partial charge in [-0.15, -0.1) is 24.8 Å². The van der Waals surface area contributed by atoms with E-state index in [4.69, 9.17) is 11.6 Å². The molecule has 1 aliphatic heterocycles. The lowest BCUT2D eigenvalue weighted by Gasteiger charge is -2.28. The molecule has 138 valence electrons. The van der Waals surface area contributed by atoms with E-state index in [0.29, 0.717) is 13.0 Å². The fourth-order valence-corrected chi connectivity index (χ4v) is 3.15. The molecule has 1 amide bonds. The standard InChI is InChI=1S/C17H26ClN3O.2ClH/c1-19-9-5-8-17(22)20-13-16(21-10-2-3-11-21)14-6-4-7-15(18)12-14;;/h4,6-7,12,16,19H,2-3,5,8-11,13H2,1H3,(H,20,22);2*1H. The molecule has 1 aliphatic rings. The molecular formula is C17H28Cl3N3O. The number of hydrogen-bond acceptors (Lipinski definition) is 3. The molecule has 1 aromatic rings. The van der Waals surface area contributed by atoms with Crippen molar-refractivity contribution in [3.63, 3.8) is 0 Å². The zero-order valence-corrected chi connectivity index (χ0v) is 16.5. The fourth-order valence-electron chi connectivity index (χ4n) is 2.95. The average Bonchev–Trinajstić information content (AvgIpc) is 3.02. The maximum Gasteiger partial charge on any atom is 0.220 e. The number of nitrogens with zero attached hydrogens (tertiary/aromatic N) is 1. The second-order valence-electron chi connectivity index (χ2n) is 5.83. The molecule has 7 heteroatoms. The highest BCUT2D eigenvalue weighted by molar-refractivity contribution is 6.30. The number of nitrogens with one attached hydrogen (secondary N) is 2. The highest BCUT2D eigenvalue weighted by Gasteiger charge is 2.24. The highest BCUT2D eigenvalue weighted by Crippen LogP contribution is 2.26. The monoisotopic (exact) mass is 395 g/mol. The number of carbonyl (C=O) groups excluding carboxylic acids is 1. The van der Waals surface area contributed by atoms with Crippen LogP contribution in [0.4, 0.5) is 0 Å². The van der Waals surface area contributed by atoms with Crippen LogP contribution >= 0.6 is 36.4 Å². The first kappa shape index (κ1) is 23.5. The van der Waals surface area contributed by atoms with Crippen molar-refractivity contribution >= 4 is 42.3 Å². The lowest BCUT2D eigenvalue weighted by Crippen LogP contribution is -2.36. The van der Waals surface area contributed by atoms with Gasteiger partial charge in [0.05, 0.1) is 6.04 Å². The van der Waals surface area contributed by atoms with Crippen molar-refractivity contribution in [3.8, 4) is 0 Å². The summed E-state index contributed by atoms with van der Waals surface area (Å²) < 4.78 is 0. The van der Waals surface area contributed by atoms with Gasteiger partial charge in [-0.1, -0.05) is 23.7 Å². The van der Waals surface area contributed by atoms with Crippen LogP contribution in [0.5, 0.6) is 0 Å². The van der Waals surface area contributed by atoms with Gasteiger partial charge in [0, 0.05) is 18.0 Å². The molecule has 0 aliphatic carbocycles. The van der Waals surface area contributed by atoms with Crippen LogP contribution in [0.25, 0.3) is 0 Å². The van der Waals surface area contributed by atoms with Crippen LogP contribution in [0.3, 0.4) is 0 Å². The molecule has 1 saturated heterocycles. The van der Waals surface area contributed by atoms with E-state index in [1.54, 1.807) is 0 Å². The van der Waals surface area contributed by atoms with E-state index in [9.17, 15) is 4.79 Å². The second-order valence-corrected chi connectivity index (χ2v) is 6.26. The van der Waals surface area contributed by atoms with Crippen LogP contribution in [0.2, 0.25) is 5.02 Å². The Kier molecular flexibility index (Phi) is 12.5. The van der Waals surface area contributed by atoms with Crippen molar-refractivity contribution in [3.05, 3.63) is 34.9 Å². The number of carbonyl (C=O) groups is 1. The first-order valence-electron chi connectivity index (χ1n) is 8.11. The van der Waals surface area contributed by atoms with E-state index in [-0.39, 0.29) is 36.8 Å². The van der Waals surface area contributed by atoms with Gasteiger partial charge >= 0.3 is 0 Å². The third-order valence-corrected chi connectivity index (χ3v) is 4.37. The van der Waals surface area contributed by atoms with Gasteiger partial charge in [0.2, 0.25) is 5.91 Å². The third kappa shape index (κ3) is 7.58. The highest BCUT2D eigenvalue weighted by atomic mass is 35.5. The zero-order valence-electron chi connectivity index (χ0n) is 14.1. The van der Waals surface area contributed by atoms with E-state index < -0.39 is 0 Å². The molecule has 2 N–H and O–H groups in total. The molecular weight excluding hydrogens is 369 g/mol. The molecule has 0 saturated carbocycles. The summed E-state index contributed by atoms with van der Waals surface area (Å²) in [7, 11) is 1.90. The number of halogens is 3. The normalized spacial score (nSPS) is 15.2. The Labute approximate surface area is 162 Å². The van der Waals surface area contributed by atoms with Crippen molar-refractivity contribution in [2.75, 3.05) is 33.2 Å². The summed E-state index contributed by atoms with van der Waals surface area (Å²) in [6.07, 6.45) is 3.90. The summed E-state index contributed by atoms with van der Waals surface area (Å²) in [5.74, 6) is 0.126. The maximum absolute atomic E-state index is 12.0. The van der Waals surface area contributed by atoms with Crippen LogP contribution < -0.4 is 10.6 Å². The minimum absolute atomic E-state index is 0. The van der Waals surface area contributed by atoms with Crippen molar-refractivity contribution < 1.29 is 4.79 Å². The molecule has 0 radical (unpaired) electrons. The van der Waals surface area contributed by atoms with Gasteiger partial charge < -0.3 is 10.6 Å². The smallest absolute Gasteiger partial charge is 0.220 e. The van der Waals surface area contributed by atoms with Crippen LogP contribution in [-0.2, 0) is 4.79 Å². The molecule has 0 bridgehead atoms. The SMILES string of the molecule is CNCCCC(=O)NCC(c1cccc(Cl)c1)N1CCCC1.Cl.Cl. The minimum Gasteiger partial charge on any atom is -0.354 e. The Morgan fingerprint density at radius 2 is 2.00 bits per heavy atom. The van der Waals surface area contributed by atoms with Crippen LogP contribution in [0, 0.1) is 0 Å². The molecule has 1 atom stereocenters. The molecule has 1 aromatic carbocycles. The van der Waals surface area contributed by atoms with Gasteiger partial charge in [-0.3, -0.25) is 9.69 Å². The van der Waals surface area contributed by atoms with Crippen molar-refractivity contribution in [2.24, 2.45) is 0 Å². The summed E-state index contributed by atoms with van der Waals surface area (Å²) >= 11 is 6.13. The van der Waals surface area contributed by atoms with Crippen LogP contribution in [-0.4, -0.2) is 44.0 Å². The summed E-state index contributed by atoms with van der Waals surface area (Å²) in [6, 6.07) is 8.20. The van der Waals surface area contributed by atoms with Crippen LogP contribution in [0.15, 0.2) is 24.3 Å². The van der Waals surface area contributed by atoms with Crippen LogP contribution in [0.1, 0.15) is 37.3 Å². The van der Waals surface area contributed by atoms with Gasteiger partial charge in [-0.25, -0.2) is 0 Å². The molecule has 0 spiro atoms. The van der Waals surface area contributed by atoms with Crippen molar-refractivity contribution in [1.29, 1.82) is 0 Å². The summed E-state index contributed by atoms with van der Waals surface area (Å²) in [5, 5.41) is 6.90. The predicted molar refractivity (Wildman–Crippen MR) is 106 cm³/mol. The van der Waals surface area contributed by atoms with Crippen molar-refractivity contribution in [1.82, 2.24) is 15.5 Å². The van der Waals surface area contributed by atoms with Gasteiger partial charge in [0.15, 0.2) is 0 Å². The molecule has 0 aromatic heterocycles. The second kappa shape index (κ2) is 12.8. The van der Waals surface area contributed by atoms with Crippen molar-refractivity contribution in [2.45, 2.75) is 31.7 Å². The quantitative estimate of drug-likeness (QED) is 0.662. The zero-order chi connectivity index (χ0) is 15.8. The molecule has 24 heavy (non-hydrogen) atoms. The van der Waals surface area contributed by atoms with Gasteiger partial charge in [-0.2, -0.15) is 0 Å². The summed E-state index contributed by atoms with van der Waals surface area (Å²) in [5.41, 5.74) is 1.19. The first-order chi connectivity index (χ1) is 10.7. The van der Waals surface area contributed by atoms with E-state index in [1.807, 2.05) is 25.2 Å². The molecule has 1 heterocycles. The lowest BCUT2D eigenvalue weighted by atomic mass is 10.1. The maximum atomic E-state index is 12.0. The van der Waals surface area contributed by atoms with Gasteiger partial charge in [0.1, 0.15) is 0 Å². The van der Waals surface area contributed by atoms with E-state index in [2.05, 4.69) is 21.6 Å². The third-order valence-electron chi connectivity index (χ3n) is 4.14. The van der Waals surface area contributed by atoms with E-state index in [1.165, 1.54) is 18.4 Å². The van der Waals surface area contributed by atoms with Gasteiger partial charge in [-0.05, 0) is 63.6 Å². The first-order valence-corrected chi connectivity index (χ1v) is 8.49. The fraction of sp³-hybridized carbons (Fsp3) is 0.588. The Morgan fingerprint density at radius 1 is 1.29 bits per heavy atom. The Bertz CT molecular complexity index is 482. The molecule has 4 nitrogen and oxygen atoms in total. The largest absolute Gasteiger partial charge is 0.354 e. The van der Waals surface area contributed by atoms with E-state index in [0.717, 1.165) is 31.1 Å². The minimum atomic E-state index is 0. The lowest BCUT2D eigenvalue weighted by molar-refractivity contribution is -0.121. The summed E-state index contributed by atoms with van der Waals surface area (Å²) in [4.78, 5) is 14.4. The molecule has 2 rings (SSSR count). The predicted octanol–water partition coefficient (Wildman–Crippen LogP) is 3.44. The Balaban J connectivity index is 0.00000264. The van der Waals surface area contributed by atoms with E-state index >= 15 is 0 Å². The number of hydrogen-bond donors (Lipinski definition) is 2. The summed E-state index contributed by atoms with van der Waals surface area (Å²) in [6.45, 7) is 3.70. The number of benzene rings is 1. The number of likely N-dealkylation sites (tertiary alicyclic amines) is 1. The van der Waals surface area contributed by atoms with Gasteiger partial charge in [0.25, 0.3) is 0 Å². The number of rotatable bonds is 8. The number of amides is 1. The topological polar surface area (TPSA) is 44.4 Å². The Hall–Kier alpha value is -0.520. The average molecular weight is 397 g/mol. The Morgan fingerprint density at radius 3 is 2.62 bits per heavy atom. The molecule has 1 fully saturated rings.